The lowest BCUT2D eigenvalue weighted by Gasteiger charge is -1.90. The highest BCUT2D eigenvalue weighted by atomic mass is 31.1. The second-order valence-electron chi connectivity index (χ2n) is 1.79. The van der Waals surface area contributed by atoms with E-state index < -0.39 is 13.7 Å². The zero-order chi connectivity index (χ0) is 8.69. The Balaban J connectivity index is 3.56. The van der Waals surface area contributed by atoms with E-state index in [1.807, 2.05) is 6.92 Å². The van der Waals surface area contributed by atoms with Crippen LogP contribution in [0.5, 0.6) is 0 Å². The molecule has 1 unspecified atom stereocenters. The summed E-state index contributed by atoms with van der Waals surface area (Å²) < 4.78 is 19.8. The molecule has 0 fully saturated rings. The largest absolute Gasteiger partial charge is 0.636 e. The highest BCUT2D eigenvalue weighted by Gasteiger charge is 2.32. The molecular weight excluding hydrogens is 167 g/mol. The lowest BCUT2D eigenvalue weighted by Crippen LogP contribution is -1.99. The quantitative estimate of drug-likeness (QED) is 0.607. The van der Waals surface area contributed by atoms with Crippen LogP contribution in [-0.2, 0) is 13.8 Å². The molecule has 64 valence electrons. The van der Waals surface area contributed by atoms with Crippen LogP contribution in [0.3, 0.4) is 0 Å². The Kier molecular flexibility index (Phi) is 5.99. The van der Waals surface area contributed by atoms with E-state index in [0.29, 0.717) is 6.61 Å². The third-order valence-electron chi connectivity index (χ3n) is 0.825. The van der Waals surface area contributed by atoms with Gasteiger partial charge < -0.3 is 4.74 Å². The molecule has 0 spiro atoms. The molecule has 0 rings (SSSR count). The van der Waals surface area contributed by atoms with Crippen LogP contribution in [0, 0.1) is 0 Å². The van der Waals surface area contributed by atoms with Crippen LogP contribution < -0.4 is 0 Å². The fraction of sp³-hybridized carbons (Fsp3) is 0.833. The lowest BCUT2D eigenvalue weighted by molar-refractivity contribution is 0.168. The second-order valence-corrected chi connectivity index (χ2v) is 2.93. The minimum absolute atomic E-state index is 0.260. The summed E-state index contributed by atoms with van der Waals surface area (Å²) in [7, 11) is -2.26. The monoisotopic (exact) mass is 179 g/mol. The Hall–Kier alpha value is -0.470. The van der Waals surface area contributed by atoms with Crippen molar-refractivity contribution in [2.45, 2.75) is 20.3 Å². The van der Waals surface area contributed by atoms with E-state index >= 15 is 0 Å². The molecule has 1 atom stereocenters. The zero-order valence-electron chi connectivity index (χ0n) is 6.70. The van der Waals surface area contributed by atoms with Crippen molar-refractivity contribution in [3.8, 4) is 0 Å². The van der Waals surface area contributed by atoms with Crippen molar-refractivity contribution in [3.63, 3.8) is 0 Å². The first-order chi connectivity index (χ1) is 5.22. The minimum Gasteiger partial charge on any atom is -0.425 e. The van der Waals surface area contributed by atoms with Crippen molar-refractivity contribution in [1.29, 1.82) is 0 Å². The second kappa shape index (κ2) is 6.25. The van der Waals surface area contributed by atoms with E-state index in [0.717, 1.165) is 6.42 Å². The summed E-state index contributed by atoms with van der Waals surface area (Å²) in [6.45, 7) is 4.09. The standard InChI is InChI=1S/C6H12O4P/c1-3-5-9-6(7)11(8)10-4-2/h3-5H2,1-2H3/q+1. The molecular formula is C6H12O4P+. The molecule has 0 aliphatic rings. The van der Waals surface area contributed by atoms with Gasteiger partial charge in [-0.05, 0) is 17.9 Å². The van der Waals surface area contributed by atoms with Gasteiger partial charge in [-0.1, -0.05) is 6.92 Å². The van der Waals surface area contributed by atoms with Gasteiger partial charge in [0.1, 0.15) is 6.61 Å². The molecule has 0 aromatic heterocycles. The molecule has 4 nitrogen and oxygen atoms in total. The van der Waals surface area contributed by atoms with Crippen molar-refractivity contribution < 1.29 is 18.6 Å². The minimum atomic E-state index is -2.26. The summed E-state index contributed by atoms with van der Waals surface area (Å²) >= 11 is 0. The van der Waals surface area contributed by atoms with E-state index in [2.05, 4.69) is 9.26 Å². The normalized spacial score (nSPS) is 10.9. The van der Waals surface area contributed by atoms with E-state index in [4.69, 9.17) is 0 Å². The van der Waals surface area contributed by atoms with Gasteiger partial charge >= 0.3 is 13.7 Å². The zero-order valence-corrected chi connectivity index (χ0v) is 7.60. The molecule has 0 saturated carbocycles. The van der Waals surface area contributed by atoms with Gasteiger partial charge in [0.2, 0.25) is 0 Å². The topological polar surface area (TPSA) is 52.6 Å². The van der Waals surface area contributed by atoms with Gasteiger partial charge in [0.25, 0.3) is 0 Å². The van der Waals surface area contributed by atoms with Crippen LogP contribution in [0.2, 0.25) is 0 Å². The first kappa shape index (κ1) is 10.5. The molecule has 0 aromatic carbocycles. The maximum absolute atomic E-state index is 10.7. The molecule has 0 saturated heterocycles. The van der Waals surface area contributed by atoms with Crippen molar-refractivity contribution in [3.05, 3.63) is 0 Å². The third-order valence-corrected chi connectivity index (χ3v) is 1.75. The van der Waals surface area contributed by atoms with E-state index in [-0.39, 0.29) is 6.61 Å². The van der Waals surface area contributed by atoms with Crippen LogP contribution in [0.15, 0.2) is 0 Å². The van der Waals surface area contributed by atoms with Gasteiger partial charge in [0.05, 0.1) is 6.61 Å². The Labute approximate surface area is 66.7 Å². The van der Waals surface area contributed by atoms with Crippen molar-refractivity contribution in [2.75, 3.05) is 13.2 Å². The lowest BCUT2D eigenvalue weighted by atomic mass is 10.5. The summed E-state index contributed by atoms with van der Waals surface area (Å²) in [5, 5.41) is 0. The molecule has 11 heavy (non-hydrogen) atoms. The summed E-state index contributed by atoms with van der Waals surface area (Å²) in [5.41, 5.74) is -0.760. The van der Waals surface area contributed by atoms with Gasteiger partial charge in [-0.15, -0.1) is 4.52 Å². The highest BCUT2D eigenvalue weighted by molar-refractivity contribution is 7.58. The number of carbonyl (C=O) groups excluding carboxylic acids is 1. The summed E-state index contributed by atoms with van der Waals surface area (Å²) in [5.74, 6) is 0. The Bertz CT molecular complexity index is 146. The number of ether oxygens (including phenoxy) is 1. The molecule has 0 aliphatic carbocycles. The van der Waals surface area contributed by atoms with Crippen LogP contribution in [0.25, 0.3) is 0 Å². The maximum Gasteiger partial charge on any atom is 0.636 e. The fourth-order valence-corrected chi connectivity index (χ4v) is 0.949. The first-order valence-electron chi connectivity index (χ1n) is 3.49. The van der Waals surface area contributed by atoms with Crippen molar-refractivity contribution >= 4 is 13.7 Å². The van der Waals surface area contributed by atoms with Crippen LogP contribution in [0.1, 0.15) is 20.3 Å². The molecule has 0 radical (unpaired) electrons. The molecule has 0 aromatic rings. The van der Waals surface area contributed by atoms with Crippen LogP contribution in [-0.4, -0.2) is 18.9 Å². The number of carbonyl (C=O) groups is 1. The third kappa shape index (κ3) is 4.87. The summed E-state index contributed by atoms with van der Waals surface area (Å²) in [4.78, 5) is 10.7. The van der Waals surface area contributed by atoms with Gasteiger partial charge in [0.15, 0.2) is 0 Å². The summed E-state index contributed by atoms with van der Waals surface area (Å²) in [6.07, 6.45) is 0.723. The highest BCUT2D eigenvalue weighted by Crippen LogP contribution is 2.24. The number of hydrogen-bond acceptors (Lipinski definition) is 4. The maximum atomic E-state index is 10.7. The average Bonchev–Trinajstić information content (AvgIpc) is 2.00. The molecule has 0 amide bonds. The van der Waals surface area contributed by atoms with Crippen LogP contribution in [0.4, 0.5) is 4.79 Å². The van der Waals surface area contributed by atoms with Crippen LogP contribution >= 0.6 is 8.03 Å². The van der Waals surface area contributed by atoms with Gasteiger partial charge in [-0.25, -0.2) is 0 Å². The van der Waals surface area contributed by atoms with Gasteiger partial charge in [0, 0.05) is 0 Å². The molecule has 0 bridgehead atoms. The smallest absolute Gasteiger partial charge is 0.425 e. The van der Waals surface area contributed by atoms with E-state index in [1.165, 1.54) is 0 Å². The predicted molar refractivity (Wildman–Crippen MR) is 40.9 cm³/mol. The van der Waals surface area contributed by atoms with E-state index in [1.54, 1.807) is 6.92 Å². The van der Waals surface area contributed by atoms with Crippen molar-refractivity contribution in [1.82, 2.24) is 0 Å². The number of rotatable bonds is 5. The summed E-state index contributed by atoms with van der Waals surface area (Å²) in [6, 6.07) is 0. The van der Waals surface area contributed by atoms with Gasteiger partial charge in [-0.2, -0.15) is 4.79 Å². The SMILES string of the molecule is CCCOC(=O)[P+](=O)OCC. The molecule has 0 N–H and O–H groups in total. The predicted octanol–water partition coefficient (Wildman–Crippen LogP) is 2.31. The molecule has 0 heterocycles. The Morgan fingerprint density at radius 1 is 1.45 bits per heavy atom. The van der Waals surface area contributed by atoms with E-state index in [9.17, 15) is 9.36 Å². The van der Waals surface area contributed by atoms with Crippen molar-refractivity contribution in [2.24, 2.45) is 0 Å². The average molecular weight is 179 g/mol. The molecule has 5 heteroatoms. The molecule has 0 aliphatic heterocycles. The Morgan fingerprint density at radius 2 is 2.09 bits per heavy atom. The van der Waals surface area contributed by atoms with Gasteiger partial charge in [-0.3, -0.25) is 0 Å². The number of hydrogen-bond donors (Lipinski definition) is 0. The fourth-order valence-electron chi connectivity index (χ4n) is 0.412. The first-order valence-corrected chi connectivity index (χ1v) is 4.67. The Morgan fingerprint density at radius 3 is 2.55 bits per heavy atom.